The van der Waals surface area contributed by atoms with Gasteiger partial charge in [0.2, 0.25) is 0 Å². The first-order chi connectivity index (χ1) is 13.7. The number of aryl methyl sites for hydroxylation is 2. The van der Waals surface area contributed by atoms with Gasteiger partial charge in [0.15, 0.2) is 6.61 Å². The number of carbonyl (C=O) groups excluding carboxylic acids is 2. The van der Waals surface area contributed by atoms with E-state index in [4.69, 9.17) is 9.47 Å². The summed E-state index contributed by atoms with van der Waals surface area (Å²) in [5.41, 5.74) is 3.82. The molecule has 0 atom stereocenters. The molecule has 148 valence electrons. The molecule has 1 aliphatic rings. The molecule has 1 N–H and O–H groups in total. The number of carbonyl (C=O) groups is 2. The second-order valence-electron chi connectivity index (χ2n) is 6.65. The molecule has 0 heterocycles. The molecule has 5 nitrogen and oxygen atoms in total. The first kappa shape index (κ1) is 20.3. The molecule has 0 radical (unpaired) electrons. The number of hydrogen-bond acceptors (Lipinski definition) is 5. The van der Waals surface area contributed by atoms with Crippen molar-refractivity contribution >= 4 is 23.6 Å². The Hall–Kier alpha value is -2.47. The molecule has 0 saturated heterocycles. The Morgan fingerprint density at radius 2 is 1.93 bits per heavy atom. The molecule has 0 bridgehead atoms. The van der Waals surface area contributed by atoms with E-state index in [1.54, 1.807) is 7.11 Å². The number of ether oxygens (including phenoxy) is 2. The van der Waals surface area contributed by atoms with Crippen LogP contribution in [-0.2, 0) is 33.6 Å². The second-order valence-corrected chi connectivity index (χ2v) is 7.69. The smallest absolute Gasteiger partial charge is 0.316 e. The maximum atomic E-state index is 11.9. The zero-order chi connectivity index (χ0) is 19.8. The summed E-state index contributed by atoms with van der Waals surface area (Å²) in [6.07, 6.45) is 4.12. The van der Waals surface area contributed by atoms with Crippen LogP contribution in [0.1, 0.15) is 23.1 Å². The van der Waals surface area contributed by atoms with Crippen molar-refractivity contribution in [2.45, 2.75) is 30.6 Å². The Bertz CT molecular complexity index is 837. The fraction of sp³-hybridized carbons (Fsp3) is 0.364. The third-order valence-electron chi connectivity index (χ3n) is 4.70. The zero-order valence-electron chi connectivity index (χ0n) is 16.0. The van der Waals surface area contributed by atoms with Crippen molar-refractivity contribution in [2.75, 3.05) is 26.0 Å². The normalized spacial score (nSPS) is 12.3. The van der Waals surface area contributed by atoms with Crippen molar-refractivity contribution < 1.29 is 19.1 Å². The SMILES string of the molecule is COc1ccccc1CCNC(=O)COC(=O)CSc1ccc2c(c1)CCC2. The summed E-state index contributed by atoms with van der Waals surface area (Å²) in [7, 11) is 1.62. The summed E-state index contributed by atoms with van der Waals surface area (Å²) in [5.74, 6) is 0.315. The summed E-state index contributed by atoms with van der Waals surface area (Å²) in [6, 6.07) is 14.0. The monoisotopic (exact) mass is 399 g/mol. The molecule has 1 amide bonds. The highest BCUT2D eigenvalue weighted by Gasteiger charge is 2.13. The highest BCUT2D eigenvalue weighted by molar-refractivity contribution is 8.00. The van der Waals surface area contributed by atoms with Gasteiger partial charge in [-0.25, -0.2) is 0 Å². The number of amides is 1. The number of hydrogen-bond donors (Lipinski definition) is 1. The highest BCUT2D eigenvalue weighted by atomic mass is 32.2. The molecule has 0 unspecified atom stereocenters. The maximum absolute atomic E-state index is 11.9. The Morgan fingerprint density at radius 1 is 1.11 bits per heavy atom. The predicted molar refractivity (Wildman–Crippen MR) is 110 cm³/mol. The van der Waals surface area contributed by atoms with Crippen LogP contribution in [-0.4, -0.2) is 37.9 Å². The number of rotatable bonds is 9. The van der Waals surface area contributed by atoms with E-state index in [1.807, 2.05) is 30.3 Å². The van der Waals surface area contributed by atoms with Crippen LogP contribution >= 0.6 is 11.8 Å². The van der Waals surface area contributed by atoms with Crippen molar-refractivity contribution in [1.29, 1.82) is 0 Å². The lowest BCUT2D eigenvalue weighted by Crippen LogP contribution is -2.30. The van der Waals surface area contributed by atoms with E-state index in [1.165, 1.54) is 29.3 Å². The first-order valence-corrected chi connectivity index (χ1v) is 10.4. The average Bonchev–Trinajstić information content (AvgIpc) is 3.19. The average molecular weight is 400 g/mol. The standard InChI is InChI=1S/C22H25NO4S/c1-26-20-8-3-2-5-17(20)11-12-23-21(24)14-27-22(25)15-28-19-10-9-16-6-4-7-18(16)13-19/h2-3,5,8-10,13H,4,6-7,11-12,14-15H2,1H3,(H,23,24). The van der Waals surface area contributed by atoms with Crippen molar-refractivity contribution in [3.05, 3.63) is 59.2 Å². The van der Waals surface area contributed by atoms with Crippen molar-refractivity contribution in [1.82, 2.24) is 5.32 Å². The minimum atomic E-state index is -0.384. The van der Waals surface area contributed by atoms with Gasteiger partial charge in [-0.2, -0.15) is 0 Å². The van der Waals surface area contributed by atoms with Crippen LogP contribution in [0.25, 0.3) is 0 Å². The molecule has 2 aromatic carbocycles. The van der Waals surface area contributed by atoms with E-state index < -0.39 is 0 Å². The van der Waals surface area contributed by atoms with Gasteiger partial charge in [0, 0.05) is 11.4 Å². The minimum Gasteiger partial charge on any atom is -0.496 e. The number of thioether (sulfide) groups is 1. The van der Waals surface area contributed by atoms with E-state index in [-0.39, 0.29) is 24.2 Å². The lowest BCUT2D eigenvalue weighted by atomic mass is 10.1. The van der Waals surface area contributed by atoms with Crippen LogP contribution in [0.2, 0.25) is 0 Å². The lowest BCUT2D eigenvalue weighted by molar-refractivity contribution is -0.145. The topological polar surface area (TPSA) is 64.6 Å². The Kier molecular flexibility index (Phi) is 7.37. The number of esters is 1. The van der Waals surface area contributed by atoms with Gasteiger partial charge in [-0.05, 0) is 60.6 Å². The Morgan fingerprint density at radius 3 is 2.79 bits per heavy atom. The van der Waals surface area contributed by atoms with E-state index in [0.29, 0.717) is 13.0 Å². The molecule has 0 aromatic heterocycles. The van der Waals surface area contributed by atoms with Crippen molar-refractivity contribution in [3.8, 4) is 5.75 Å². The molecule has 3 rings (SSSR count). The Labute approximate surface area is 169 Å². The van der Waals surface area contributed by atoms with Crippen LogP contribution in [0.3, 0.4) is 0 Å². The van der Waals surface area contributed by atoms with Gasteiger partial charge in [-0.15, -0.1) is 11.8 Å². The molecule has 2 aromatic rings. The largest absolute Gasteiger partial charge is 0.496 e. The number of nitrogens with one attached hydrogen (secondary N) is 1. The summed E-state index contributed by atoms with van der Waals surface area (Å²) < 4.78 is 10.4. The van der Waals surface area contributed by atoms with Crippen LogP contribution in [0.4, 0.5) is 0 Å². The van der Waals surface area contributed by atoms with Gasteiger partial charge in [0.1, 0.15) is 5.75 Å². The third kappa shape index (κ3) is 5.76. The highest BCUT2D eigenvalue weighted by Crippen LogP contribution is 2.27. The quantitative estimate of drug-likeness (QED) is 0.518. The summed E-state index contributed by atoms with van der Waals surface area (Å²) in [6.45, 7) is 0.205. The third-order valence-corrected chi connectivity index (χ3v) is 5.67. The Balaban J connectivity index is 1.33. The molecule has 0 saturated carbocycles. The van der Waals surface area contributed by atoms with Crippen LogP contribution < -0.4 is 10.1 Å². The molecule has 28 heavy (non-hydrogen) atoms. The van der Waals surface area contributed by atoms with Crippen molar-refractivity contribution in [3.63, 3.8) is 0 Å². The van der Waals surface area contributed by atoms with Gasteiger partial charge in [0.05, 0.1) is 12.9 Å². The molecule has 0 spiro atoms. The number of benzene rings is 2. The van der Waals surface area contributed by atoms with Crippen LogP contribution in [0, 0.1) is 0 Å². The number of fused-ring (bicyclic) bond motifs is 1. The van der Waals surface area contributed by atoms with Gasteiger partial charge in [-0.1, -0.05) is 24.3 Å². The predicted octanol–water partition coefficient (Wildman–Crippen LogP) is 3.18. The molecule has 0 aliphatic heterocycles. The second kappa shape index (κ2) is 10.2. The molecule has 0 fully saturated rings. The van der Waals surface area contributed by atoms with E-state index in [9.17, 15) is 9.59 Å². The van der Waals surface area contributed by atoms with Gasteiger partial charge in [0.25, 0.3) is 5.91 Å². The van der Waals surface area contributed by atoms with Crippen LogP contribution in [0.15, 0.2) is 47.4 Å². The van der Waals surface area contributed by atoms with E-state index in [2.05, 4.69) is 17.4 Å². The summed E-state index contributed by atoms with van der Waals surface area (Å²) >= 11 is 1.45. The van der Waals surface area contributed by atoms with Crippen molar-refractivity contribution in [2.24, 2.45) is 0 Å². The maximum Gasteiger partial charge on any atom is 0.316 e. The number of methoxy groups -OCH3 is 1. The van der Waals surface area contributed by atoms with E-state index in [0.717, 1.165) is 29.1 Å². The fourth-order valence-corrected chi connectivity index (χ4v) is 4.02. The van der Waals surface area contributed by atoms with Gasteiger partial charge < -0.3 is 14.8 Å². The number of para-hydroxylation sites is 1. The molecular weight excluding hydrogens is 374 g/mol. The molecule has 1 aliphatic carbocycles. The van der Waals surface area contributed by atoms with Gasteiger partial charge in [-0.3, -0.25) is 9.59 Å². The fourth-order valence-electron chi connectivity index (χ4n) is 3.27. The van der Waals surface area contributed by atoms with Crippen LogP contribution in [0.5, 0.6) is 5.75 Å². The first-order valence-electron chi connectivity index (χ1n) is 9.44. The summed E-state index contributed by atoms with van der Waals surface area (Å²) in [4.78, 5) is 24.8. The zero-order valence-corrected chi connectivity index (χ0v) is 16.8. The van der Waals surface area contributed by atoms with Gasteiger partial charge >= 0.3 is 5.97 Å². The van der Waals surface area contributed by atoms with E-state index >= 15 is 0 Å². The molecule has 6 heteroatoms. The summed E-state index contributed by atoms with van der Waals surface area (Å²) in [5, 5.41) is 2.76. The minimum absolute atomic E-state index is 0.202. The lowest BCUT2D eigenvalue weighted by Gasteiger charge is -2.09. The molecular formula is C22H25NO4S.